The van der Waals surface area contributed by atoms with Crippen LogP contribution in [0.5, 0.6) is 0 Å². The minimum atomic E-state index is -0.213. The van der Waals surface area contributed by atoms with Crippen LogP contribution in [0.4, 0.5) is 4.39 Å². The summed E-state index contributed by atoms with van der Waals surface area (Å²) in [6, 6.07) is 1.23. The average Bonchev–Trinajstić information content (AvgIpc) is 3.86. The zero-order chi connectivity index (χ0) is 31.4. The van der Waals surface area contributed by atoms with Crippen molar-refractivity contribution >= 4 is 24.6 Å². The van der Waals surface area contributed by atoms with Crippen LogP contribution in [0.2, 0.25) is 0 Å². The Morgan fingerprint density at radius 3 is 2.05 bits per heavy atom. The number of carbonyl (C=O) groups excluding carboxylic acids is 2. The third-order valence-electron chi connectivity index (χ3n) is 6.86. The Morgan fingerprint density at radius 1 is 1.12 bits per heavy atom. The largest absolute Gasteiger partial charge is 1.00 e. The van der Waals surface area contributed by atoms with Crippen LogP contribution in [0.1, 0.15) is 127 Å². The van der Waals surface area contributed by atoms with Crippen LogP contribution in [0.3, 0.4) is 0 Å². The van der Waals surface area contributed by atoms with Gasteiger partial charge in [-0.15, -0.1) is 0 Å². The zero-order valence-electron chi connectivity index (χ0n) is 29.2. The summed E-state index contributed by atoms with van der Waals surface area (Å²) in [6.07, 6.45) is 17.5. The van der Waals surface area contributed by atoms with Crippen molar-refractivity contribution in [1.29, 1.82) is 0 Å². The number of hydrogen-bond donors (Lipinski definition) is 1. The molecule has 2 saturated carbocycles. The van der Waals surface area contributed by atoms with E-state index in [1.54, 1.807) is 7.05 Å². The fourth-order valence-corrected chi connectivity index (χ4v) is 4.80. The van der Waals surface area contributed by atoms with Crippen LogP contribution in [-0.4, -0.2) is 61.7 Å². The van der Waals surface area contributed by atoms with E-state index in [-0.39, 0.29) is 62.8 Å². The van der Waals surface area contributed by atoms with E-state index >= 15 is 0 Å². The minimum absolute atomic E-state index is 0. The summed E-state index contributed by atoms with van der Waals surface area (Å²) in [5, 5.41) is 2.79. The molecule has 1 amide bonds. The molecular weight excluding hydrogens is 561 g/mol. The topological polar surface area (TPSA) is 63.5 Å². The van der Waals surface area contributed by atoms with Crippen molar-refractivity contribution < 1.29 is 65.4 Å². The van der Waals surface area contributed by atoms with Gasteiger partial charge in [-0.2, -0.15) is 7.05 Å². The minimum Gasteiger partial charge on any atom is -0.608 e. The number of allylic oxidation sites excluding steroid dienone is 1. The third-order valence-corrected chi connectivity index (χ3v) is 7.94. The van der Waals surface area contributed by atoms with Crippen molar-refractivity contribution in [1.82, 2.24) is 10.2 Å². The number of amides is 1. The molecule has 3 fully saturated rings. The van der Waals surface area contributed by atoms with Gasteiger partial charge in [0.2, 0.25) is 6.41 Å². The Bertz CT molecular complexity index is 589. The number of hydrogen-bond acceptors (Lipinski definition) is 4. The van der Waals surface area contributed by atoms with Gasteiger partial charge in [-0.25, -0.2) is 4.39 Å². The predicted octanol–water partition coefficient (Wildman–Crippen LogP) is 6.42. The van der Waals surface area contributed by atoms with E-state index < -0.39 is 0 Å². The molecular formula is C33H67FKN3O2S. The van der Waals surface area contributed by atoms with Crippen molar-refractivity contribution in [3.63, 3.8) is 0 Å². The van der Waals surface area contributed by atoms with Gasteiger partial charge in [0, 0.05) is 23.3 Å². The maximum atomic E-state index is 11.9. The Labute approximate surface area is 302 Å². The molecule has 1 heterocycles. The quantitative estimate of drug-likeness (QED) is 0.111. The summed E-state index contributed by atoms with van der Waals surface area (Å²) in [7, 11) is 3.90. The molecule has 3 unspecified atom stereocenters. The van der Waals surface area contributed by atoms with Crippen molar-refractivity contribution in [3.8, 4) is 0 Å². The molecule has 1 aliphatic heterocycles. The van der Waals surface area contributed by atoms with Gasteiger partial charge in [0.25, 0.3) is 0 Å². The Morgan fingerprint density at radius 2 is 1.71 bits per heavy atom. The number of rotatable bonds is 13. The van der Waals surface area contributed by atoms with Gasteiger partial charge >= 0.3 is 51.4 Å². The van der Waals surface area contributed by atoms with Gasteiger partial charge in [-0.05, 0) is 89.6 Å². The summed E-state index contributed by atoms with van der Waals surface area (Å²) in [5.74, 6) is 1.73. The summed E-state index contributed by atoms with van der Waals surface area (Å²) >= 11 is 1.39. The second kappa shape index (κ2) is 33.6. The first-order valence-corrected chi connectivity index (χ1v) is 16.8. The van der Waals surface area contributed by atoms with Crippen molar-refractivity contribution in [2.24, 2.45) is 17.8 Å². The van der Waals surface area contributed by atoms with E-state index in [1.165, 1.54) is 44.2 Å². The van der Waals surface area contributed by atoms with Crippen LogP contribution >= 0.6 is 11.9 Å². The molecule has 0 aromatic carbocycles. The molecule has 5 nitrogen and oxygen atoms in total. The normalized spacial score (nSPS) is 22.4. The monoisotopic (exact) mass is 627 g/mol. The molecule has 0 aromatic heterocycles. The first kappa shape index (κ1) is 48.6. The summed E-state index contributed by atoms with van der Waals surface area (Å²) < 4.78 is 15.7. The molecule has 5 atom stereocenters. The SMILES string of the molecule is CC.CC.CC(CC=O)C[C@H](C)CC/C=C\[C@@H]1CC1NC=O.CC1CCCN1C.CCC.C[N-]SC1(CF)CC1.[K+]. The first-order chi connectivity index (χ1) is 19.2. The van der Waals surface area contributed by atoms with Crippen LogP contribution < -0.4 is 56.7 Å². The smallest absolute Gasteiger partial charge is 0.608 e. The first-order valence-electron chi connectivity index (χ1n) is 16.1. The van der Waals surface area contributed by atoms with E-state index in [0.717, 1.165) is 50.8 Å². The number of halogens is 1. The molecule has 2 aliphatic carbocycles. The maximum Gasteiger partial charge on any atom is 1.00 e. The standard InChI is InChI=1S/C15H25NO2.C6H13N.C5H9FNS.C3H8.2C2H6.K/c1-12(9-13(2)7-8-17)5-3-4-6-14-10-15(14)16-11-18;1-6-4-3-5-7(6)2;1-7-8-5(4-6)2-3-5;1-3-2;2*1-2;/h4,6,8,11-15H,3,5,7,9-10H2,1-2H3,(H,16,18);6H,3-5H2,1-2H3;2-4H2,1H3;3H2,1-2H3;2*1-2H3;/q;;-1;;;;+1/b6-4-;;;;;;/t12-,13?,14-,15?;;;;;;/m1....../s1. The number of nitrogens with zero attached hydrogens (tertiary/aromatic N) is 2. The van der Waals surface area contributed by atoms with Gasteiger partial charge in [0.15, 0.2) is 0 Å². The van der Waals surface area contributed by atoms with Gasteiger partial charge in [-0.3, -0.25) is 16.7 Å². The maximum absolute atomic E-state index is 11.9. The van der Waals surface area contributed by atoms with E-state index in [2.05, 4.69) is 68.8 Å². The molecule has 0 aromatic rings. The second-order valence-corrected chi connectivity index (χ2v) is 12.3. The van der Waals surface area contributed by atoms with Gasteiger partial charge in [0.1, 0.15) is 13.0 Å². The number of aldehydes is 1. The number of alkyl halides is 1. The summed E-state index contributed by atoms with van der Waals surface area (Å²) in [4.78, 5) is 23.0. The average molecular weight is 628 g/mol. The van der Waals surface area contributed by atoms with E-state index in [4.69, 9.17) is 0 Å². The molecule has 0 bridgehead atoms. The van der Waals surface area contributed by atoms with E-state index in [1.807, 2.05) is 27.7 Å². The molecule has 41 heavy (non-hydrogen) atoms. The van der Waals surface area contributed by atoms with Crippen molar-refractivity contribution in [2.45, 2.75) is 143 Å². The number of nitrogens with one attached hydrogen (secondary N) is 1. The number of carbonyl (C=O) groups is 2. The molecule has 1 N–H and O–H groups in total. The fourth-order valence-electron chi connectivity index (χ4n) is 4.08. The summed E-state index contributed by atoms with van der Waals surface area (Å²) in [5.41, 5.74) is 0. The van der Waals surface area contributed by atoms with E-state index in [0.29, 0.717) is 30.2 Å². The van der Waals surface area contributed by atoms with E-state index in [9.17, 15) is 14.0 Å². The molecule has 240 valence electrons. The fraction of sp³-hybridized carbons (Fsp3) is 0.879. The van der Waals surface area contributed by atoms with Crippen LogP contribution in [0, 0.1) is 17.8 Å². The van der Waals surface area contributed by atoms with Gasteiger partial charge < -0.3 is 19.7 Å². The summed E-state index contributed by atoms with van der Waals surface area (Å²) in [6.45, 7) is 20.0. The van der Waals surface area contributed by atoms with Crippen molar-refractivity contribution in [2.75, 3.05) is 27.3 Å². The molecule has 1 saturated heterocycles. The van der Waals surface area contributed by atoms with Crippen LogP contribution in [0.25, 0.3) is 4.72 Å². The molecule has 3 aliphatic rings. The van der Waals surface area contributed by atoms with Gasteiger partial charge in [0.05, 0.1) is 0 Å². The third kappa shape index (κ3) is 29.2. The zero-order valence-corrected chi connectivity index (χ0v) is 33.1. The molecule has 0 spiro atoms. The Kier molecular flexibility index (Phi) is 39.8. The predicted molar refractivity (Wildman–Crippen MR) is 178 cm³/mol. The van der Waals surface area contributed by atoms with Crippen molar-refractivity contribution in [3.05, 3.63) is 16.9 Å². The van der Waals surface area contributed by atoms with Crippen LogP contribution in [0.15, 0.2) is 12.2 Å². The molecule has 0 radical (unpaired) electrons. The van der Waals surface area contributed by atoms with Crippen LogP contribution in [-0.2, 0) is 9.59 Å². The Hall–Kier alpha value is 0.716. The molecule has 8 heteroatoms. The number of likely N-dealkylation sites (tertiary alicyclic amines) is 1. The van der Waals surface area contributed by atoms with Gasteiger partial charge in [-0.1, -0.05) is 74.0 Å². The Balaban J connectivity index is -0.000000247. The second-order valence-electron chi connectivity index (χ2n) is 10.9. The molecule has 3 rings (SSSR count).